The summed E-state index contributed by atoms with van der Waals surface area (Å²) in [5.74, 6) is -0.945. The zero-order valence-corrected chi connectivity index (χ0v) is 30.6. The number of carbonyl (C=O) groups is 1. The van der Waals surface area contributed by atoms with Crippen LogP contribution in [0.2, 0.25) is 0 Å². The standard InChI is InChI=1S/C14H11N5O2S4.C14H9N5O2S3/c1-25(20,21)10-4-5-11-12(7-10)23-14(15-11)24-13-16-17-18-19(13)8-9-3-2-6-22-9;20-12(21)8-3-4-10-11(6-8)23-14(15-10)24-13-16-17-18-19(13)7-9-2-1-5-22-9/h2-7H,8H2,1H3;1-6H,7H2,(H,20,21). The number of fused-ring (bicyclic) bond motifs is 2. The van der Waals surface area contributed by atoms with E-state index in [0.29, 0.717) is 28.3 Å². The van der Waals surface area contributed by atoms with E-state index >= 15 is 0 Å². The molecule has 8 rings (SSSR count). The number of thiophene rings is 2. The molecule has 49 heavy (non-hydrogen) atoms. The molecule has 0 aliphatic carbocycles. The van der Waals surface area contributed by atoms with Gasteiger partial charge in [0.15, 0.2) is 18.5 Å². The Morgan fingerprint density at radius 1 is 0.776 bits per heavy atom. The zero-order chi connectivity index (χ0) is 34.0. The predicted octanol–water partition coefficient (Wildman–Crippen LogP) is 6.19. The third-order valence-electron chi connectivity index (χ3n) is 6.51. The topological polar surface area (TPSA) is 184 Å². The van der Waals surface area contributed by atoms with Crippen LogP contribution in [0.15, 0.2) is 95.3 Å². The summed E-state index contributed by atoms with van der Waals surface area (Å²) in [6, 6.07) is 17.9. The van der Waals surface area contributed by atoms with Gasteiger partial charge in [-0.2, -0.15) is 0 Å². The Balaban J connectivity index is 0.000000154. The van der Waals surface area contributed by atoms with Crippen molar-refractivity contribution in [1.82, 2.24) is 50.4 Å². The molecule has 0 bridgehead atoms. The van der Waals surface area contributed by atoms with Crippen molar-refractivity contribution in [2.24, 2.45) is 0 Å². The summed E-state index contributed by atoms with van der Waals surface area (Å²) in [5, 5.41) is 38.0. The van der Waals surface area contributed by atoms with Crippen LogP contribution in [0, 0.1) is 0 Å². The quantitative estimate of drug-likeness (QED) is 0.166. The second-order valence-corrected chi connectivity index (χ2v) is 18.5. The van der Waals surface area contributed by atoms with Crippen molar-refractivity contribution in [3.63, 3.8) is 0 Å². The fourth-order valence-electron chi connectivity index (χ4n) is 4.23. The van der Waals surface area contributed by atoms with Crippen LogP contribution in [0.25, 0.3) is 20.4 Å². The van der Waals surface area contributed by atoms with E-state index in [1.54, 1.807) is 68.4 Å². The molecule has 0 radical (unpaired) electrons. The van der Waals surface area contributed by atoms with Gasteiger partial charge in [-0.15, -0.1) is 55.5 Å². The Kier molecular flexibility index (Phi) is 9.80. The number of thiazole rings is 2. The van der Waals surface area contributed by atoms with Crippen molar-refractivity contribution in [2.45, 2.75) is 37.0 Å². The highest BCUT2D eigenvalue weighted by Gasteiger charge is 2.16. The lowest BCUT2D eigenvalue weighted by molar-refractivity contribution is 0.0697. The molecule has 1 N–H and O–H groups in total. The predicted molar refractivity (Wildman–Crippen MR) is 190 cm³/mol. The van der Waals surface area contributed by atoms with Crippen LogP contribution >= 0.6 is 68.9 Å². The highest BCUT2D eigenvalue weighted by atomic mass is 32.2. The first-order valence-corrected chi connectivity index (χ1v) is 20.8. The number of carboxylic acids is 1. The first kappa shape index (κ1) is 33.4. The minimum absolute atomic E-state index is 0.255. The number of hydrogen-bond donors (Lipinski definition) is 1. The van der Waals surface area contributed by atoms with Gasteiger partial charge in [-0.25, -0.2) is 32.5 Å². The van der Waals surface area contributed by atoms with E-state index in [4.69, 9.17) is 5.11 Å². The molecule has 0 aliphatic rings. The molecule has 0 amide bonds. The van der Waals surface area contributed by atoms with Gasteiger partial charge in [0.1, 0.15) is 0 Å². The first-order valence-electron chi connectivity index (χ1n) is 13.9. The Bertz CT molecular complexity index is 2490. The Hall–Kier alpha value is -4.12. The summed E-state index contributed by atoms with van der Waals surface area (Å²) >= 11 is 8.89. The summed E-state index contributed by atoms with van der Waals surface area (Å²) in [6.07, 6.45) is 1.20. The Morgan fingerprint density at radius 3 is 1.80 bits per heavy atom. The number of hydrogen-bond acceptors (Lipinski definition) is 17. The third-order valence-corrected chi connectivity index (χ3v) is 13.5. The summed E-state index contributed by atoms with van der Waals surface area (Å²) in [7, 11) is -3.23. The van der Waals surface area contributed by atoms with Crippen LogP contribution < -0.4 is 0 Å². The van der Waals surface area contributed by atoms with Crippen LogP contribution in [0.4, 0.5) is 0 Å². The van der Waals surface area contributed by atoms with Gasteiger partial charge in [0.2, 0.25) is 10.3 Å². The van der Waals surface area contributed by atoms with E-state index in [0.717, 1.165) is 34.0 Å². The van der Waals surface area contributed by atoms with Crippen LogP contribution in [-0.4, -0.2) is 76.1 Å². The molecular formula is C28H20N10O4S7. The third kappa shape index (κ3) is 8.03. The fourth-order valence-corrected chi connectivity index (χ4v) is 10.3. The number of sulfone groups is 1. The van der Waals surface area contributed by atoms with Gasteiger partial charge in [0.05, 0.1) is 44.0 Å². The van der Waals surface area contributed by atoms with Crippen LogP contribution in [-0.2, 0) is 22.9 Å². The van der Waals surface area contributed by atoms with Gasteiger partial charge in [-0.3, -0.25) is 0 Å². The molecule has 0 saturated carbocycles. The van der Waals surface area contributed by atoms with Gasteiger partial charge in [-0.1, -0.05) is 12.1 Å². The maximum atomic E-state index is 11.7. The number of aromatic carboxylic acids is 1. The highest BCUT2D eigenvalue weighted by Crippen LogP contribution is 2.35. The first-order chi connectivity index (χ1) is 23.7. The molecule has 2 aromatic carbocycles. The number of nitrogens with zero attached hydrogens (tertiary/aromatic N) is 10. The largest absolute Gasteiger partial charge is 0.478 e. The maximum absolute atomic E-state index is 11.7. The monoisotopic (exact) mass is 784 g/mol. The van der Waals surface area contributed by atoms with Crippen molar-refractivity contribution in [2.75, 3.05) is 6.26 Å². The fraction of sp³-hybridized carbons (Fsp3) is 0.107. The SMILES string of the molecule is CS(=O)(=O)c1ccc2nc(Sc3nnnn3Cc3cccs3)sc2c1.O=C(O)c1ccc2nc(Sc3nnnn3Cc3cccs3)sc2c1. The molecule has 14 nitrogen and oxygen atoms in total. The van der Waals surface area contributed by atoms with Gasteiger partial charge < -0.3 is 5.11 Å². The minimum atomic E-state index is -3.23. The van der Waals surface area contributed by atoms with Crippen LogP contribution in [0.3, 0.4) is 0 Å². The van der Waals surface area contributed by atoms with Gasteiger partial charge >= 0.3 is 5.97 Å². The average Bonchev–Trinajstić information content (AvgIpc) is 3.92. The lowest BCUT2D eigenvalue weighted by Gasteiger charge is -2.00. The molecule has 0 atom stereocenters. The molecule has 6 aromatic heterocycles. The minimum Gasteiger partial charge on any atom is -0.478 e. The van der Waals surface area contributed by atoms with Crippen molar-refractivity contribution in [1.29, 1.82) is 0 Å². The van der Waals surface area contributed by atoms with E-state index in [1.165, 1.54) is 57.3 Å². The molecule has 0 unspecified atom stereocenters. The second-order valence-electron chi connectivity index (χ2n) is 9.95. The van der Waals surface area contributed by atoms with E-state index in [9.17, 15) is 13.2 Å². The van der Waals surface area contributed by atoms with E-state index in [1.807, 2.05) is 35.0 Å². The molecule has 8 aromatic rings. The zero-order valence-electron chi connectivity index (χ0n) is 24.8. The molecule has 248 valence electrons. The van der Waals surface area contributed by atoms with Crippen molar-refractivity contribution in [3.8, 4) is 0 Å². The van der Waals surface area contributed by atoms with Gasteiger partial charge in [0.25, 0.3) is 0 Å². The highest BCUT2D eigenvalue weighted by molar-refractivity contribution is 8.01. The van der Waals surface area contributed by atoms with E-state index in [2.05, 4.69) is 41.0 Å². The number of carboxylic acid groups (broad SMARTS) is 1. The van der Waals surface area contributed by atoms with Crippen molar-refractivity contribution < 1.29 is 18.3 Å². The summed E-state index contributed by atoms with van der Waals surface area (Å²) in [4.78, 5) is 22.7. The molecule has 0 aliphatic heterocycles. The van der Waals surface area contributed by atoms with Crippen LogP contribution in [0.5, 0.6) is 0 Å². The molecule has 21 heteroatoms. The number of benzene rings is 2. The van der Waals surface area contributed by atoms with Crippen molar-refractivity contribution >= 4 is 105 Å². The van der Waals surface area contributed by atoms with Crippen LogP contribution in [0.1, 0.15) is 20.1 Å². The molecular weight excluding hydrogens is 765 g/mol. The van der Waals surface area contributed by atoms with Crippen molar-refractivity contribution in [3.05, 3.63) is 86.7 Å². The molecule has 0 spiro atoms. The number of aromatic nitrogens is 10. The smallest absolute Gasteiger partial charge is 0.335 e. The molecule has 0 saturated heterocycles. The van der Waals surface area contributed by atoms with Gasteiger partial charge in [-0.05, 0) is 104 Å². The maximum Gasteiger partial charge on any atom is 0.335 e. The van der Waals surface area contributed by atoms with Gasteiger partial charge in [0, 0.05) is 16.0 Å². The average molecular weight is 785 g/mol. The van der Waals surface area contributed by atoms with E-state index in [-0.39, 0.29) is 5.56 Å². The Morgan fingerprint density at radius 2 is 1.31 bits per heavy atom. The Labute approximate surface area is 301 Å². The number of tetrazole rings is 2. The number of rotatable bonds is 10. The van der Waals surface area contributed by atoms with E-state index < -0.39 is 15.8 Å². The summed E-state index contributed by atoms with van der Waals surface area (Å²) < 4.78 is 30.0. The summed E-state index contributed by atoms with van der Waals surface area (Å²) in [5.41, 5.74) is 1.78. The second kappa shape index (κ2) is 14.4. The lowest BCUT2D eigenvalue weighted by atomic mass is 10.2. The summed E-state index contributed by atoms with van der Waals surface area (Å²) in [6.45, 7) is 1.22. The normalized spacial score (nSPS) is 11.6. The molecule has 0 fully saturated rings. The molecule has 6 heterocycles. The lowest BCUT2D eigenvalue weighted by Crippen LogP contribution is -2.02.